The lowest BCUT2D eigenvalue weighted by atomic mass is 9.99. The van der Waals surface area contributed by atoms with Crippen molar-refractivity contribution in [2.45, 2.75) is 38.9 Å². The van der Waals surface area contributed by atoms with Gasteiger partial charge in [0.2, 0.25) is 0 Å². The SMILES string of the molecule is CCCc1nnsc1C(=O)N(C)CC1Cc2ccccc2CO1. The minimum absolute atomic E-state index is 0.00842. The number of amides is 1. The molecule has 1 aromatic carbocycles. The van der Waals surface area contributed by atoms with Crippen LogP contribution in [-0.2, 0) is 24.2 Å². The van der Waals surface area contributed by atoms with Crippen LogP contribution in [0.25, 0.3) is 0 Å². The molecule has 1 unspecified atom stereocenters. The first kappa shape index (κ1) is 16.1. The molecule has 1 aromatic heterocycles. The van der Waals surface area contributed by atoms with Crippen LogP contribution in [0.3, 0.4) is 0 Å². The number of rotatable bonds is 5. The summed E-state index contributed by atoms with van der Waals surface area (Å²) in [4.78, 5) is 15.0. The van der Waals surface area contributed by atoms with E-state index in [2.05, 4.69) is 34.7 Å². The molecular weight excluding hydrogens is 310 g/mol. The van der Waals surface area contributed by atoms with Crippen molar-refractivity contribution in [3.05, 3.63) is 46.0 Å². The number of carbonyl (C=O) groups excluding carboxylic acids is 1. The van der Waals surface area contributed by atoms with Crippen molar-refractivity contribution in [3.63, 3.8) is 0 Å². The van der Waals surface area contributed by atoms with E-state index >= 15 is 0 Å². The Morgan fingerprint density at radius 1 is 1.39 bits per heavy atom. The van der Waals surface area contributed by atoms with Gasteiger partial charge in [-0.3, -0.25) is 4.79 Å². The van der Waals surface area contributed by atoms with Crippen LogP contribution in [0, 0.1) is 0 Å². The van der Waals surface area contributed by atoms with Gasteiger partial charge in [-0.15, -0.1) is 5.10 Å². The van der Waals surface area contributed by atoms with E-state index < -0.39 is 0 Å². The zero-order valence-electron chi connectivity index (χ0n) is 13.5. The number of hydrogen-bond donors (Lipinski definition) is 0. The summed E-state index contributed by atoms with van der Waals surface area (Å²) in [5.74, 6) is -0.00842. The van der Waals surface area contributed by atoms with E-state index in [1.165, 1.54) is 22.7 Å². The van der Waals surface area contributed by atoms with Crippen LogP contribution in [-0.4, -0.2) is 40.1 Å². The highest BCUT2D eigenvalue weighted by atomic mass is 32.1. The molecule has 1 aliphatic rings. The lowest BCUT2D eigenvalue weighted by Gasteiger charge is -2.28. The first-order valence-electron chi connectivity index (χ1n) is 7.94. The molecule has 0 spiro atoms. The Morgan fingerprint density at radius 2 is 2.17 bits per heavy atom. The summed E-state index contributed by atoms with van der Waals surface area (Å²) >= 11 is 1.18. The Bertz CT molecular complexity index is 686. The molecule has 6 heteroatoms. The monoisotopic (exact) mass is 331 g/mol. The molecule has 0 radical (unpaired) electrons. The van der Waals surface area contributed by atoms with Crippen molar-refractivity contribution in [1.29, 1.82) is 0 Å². The average Bonchev–Trinajstić information content (AvgIpc) is 3.02. The number of aromatic nitrogens is 2. The zero-order chi connectivity index (χ0) is 16.2. The van der Waals surface area contributed by atoms with E-state index in [1.807, 2.05) is 13.1 Å². The quantitative estimate of drug-likeness (QED) is 0.845. The largest absolute Gasteiger partial charge is 0.371 e. The molecule has 2 aromatic rings. The molecule has 5 nitrogen and oxygen atoms in total. The molecule has 2 heterocycles. The molecule has 23 heavy (non-hydrogen) atoms. The topological polar surface area (TPSA) is 55.3 Å². The molecular formula is C17H21N3O2S. The van der Waals surface area contributed by atoms with Crippen LogP contribution in [0.15, 0.2) is 24.3 Å². The van der Waals surface area contributed by atoms with Gasteiger partial charge in [-0.1, -0.05) is 42.1 Å². The first-order valence-corrected chi connectivity index (χ1v) is 8.71. The lowest BCUT2D eigenvalue weighted by molar-refractivity contribution is 0.00992. The first-order chi connectivity index (χ1) is 11.2. The van der Waals surface area contributed by atoms with E-state index in [0.29, 0.717) is 18.0 Å². The highest BCUT2D eigenvalue weighted by Gasteiger charge is 2.25. The van der Waals surface area contributed by atoms with Crippen molar-refractivity contribution < 1.29 is 9.53 Å². The predicted molar refractivity (Wildman–Crippen MR) is 89.6 cm³/mol. The molecule has 1 aliphatic heterocycles. The second-order valence-corrected chi connectivity index (χ2v) is 6.64. The third-order valence-electron chi connectivity index (χ3n) is 4.10. The summed E-state index contributed by atoms with van der Waals surface area (Å²) in [6.45, 7) is 3.27. The fraction of sp³-hybridized carbons (Fsp3) is 0.471. The third kappa shape index (κ3) is 3.59. The van der Waals surface area contributed by atoms with Crippen LogP contribution >= 0.6 is 11.5 Å². The zero-order valence-corrected chi connectivity index (χ0v) is 14.3. The fourth-order valence-corrected chi connectivity index (χ4v) is 3.56. The van der Waals surface area contributed by atoms with Gasteiger partial charge in [-0.05, 0) is 29.1 Å². The number of likely N-dealkylation sites (N-methyl/N-ethyl adjacent to an activating group) is 1. The van der Waals surface area contributed by atoms with Gasteiger partial charge in [0.1, 0.15) is 4.88 Å². The molecule has 0 aliphatic carbocycles. The molecule has 122 valence electrons. The Hall–Kier alpha value is -1.79. The number of benzene rings is 1. The molecule has 1 amide bonds. The molecule has 3 rings (SSSR count). The molecule has 0 saturated heterocycles. The maximum Gasteiger partial charge on any atom is 0.267 e. The van der Waals surface area contributed by atoms with E-state index in [-0.39, 0.29) is 12.0 Å². The van der Waals surface area contributed by atoms with Crippen molar-refractivity contribution in [2.75, 3.05) is 13.6 Å². The van der Waals surface area contributed by atoms with Crippen LogP contribution in [0.5, 0.6) is 0 Å². The van der Waals surface area contributed by atoms with Crippen LogP contribution in [0.2, 0.25) is 0 Å². The van der Waals surface area contributed by atoms with E-state index in [9.17, 15) is 4.79 Å². The Morgan fingerprint density at radius 3 is 2.96 bits per heavy atom. The molecule has 1 atom stereocenters. The van der Waals surface area contributed by atoms with E-state index in [1.54, 1.807) is 4.90 Å². The number of carbonyl (C=O) groups is 1. The third-order valence-corrected chi connectivity index (χ3v) is 4.86. The van der Waals surface area contributed by atoms with Gasteiger partial charge in [-0.25, -0.2) is 0 Å². The predicted octanol–water partition coefficient (Wildman–Crippen LogP) is 2.70. The van der Waals surface area contributed by atoms with Crippen LogP contribution in [0.4, 0.5) is 0 Å². The Labute approximate surface area is 140 Å². The van der Waals surface area contributed by atoms with Gasteiger partial charge in [0, 0.05) is 20.0 Å². The summed E-state index contributed by atoms with van der Waals surface area (Å²) in [7, 11) is 1.82. The van der Waals surface area contributed by atoms with Crippen molar-refractivity contribution in [3.8, 4) is 0 Å². The van der Waals surface area contributed by atoms with Gasteiger partial charge in [0.05, 0.1) is 18.4 Å². The standard InChI is InChI=1S/C17H21N3O2S/c1-3-6-15-16(23-19-18-15)17(21)20(2)10-14-9-12-7-4-5-8-13(12)11-22-14/h4-5,7-8,14H,3,6,9-11H2,1-2H3. The van der Waals surface area contributed by atoms with Gasteiger partial charge in [0.25, 0.3) is 5.91 Å². The summed E-state index contributed by atoms with van der Waals surface area (Å²) in [5, 5.41) is 4.08. The summed E-state index contributed by atoms with van der Waals surface area (Å²) < 4.78 is 9.83. The maximum absolute atomic E-state index is 12.6. The van der Waals surface area contributed by atoms with E-state index in [4.69, 9.17) is 4.74 Å². The van der Waals surface area contributed by atoms with Crippen molar-refractivity contribution in [2.24, 2.45) is 0 Å². The highest BCUT2D eigenvalue weighted by molar-refractivity contribution is 7.07. The van der Waals surface area contributed by atoms with Crippen LogP contribution in [0.1, 0.15) is 39.8 Å². The minimum Gasteiger partial charge on any atom is -0.371 e. The molecule has 0 N–H and O–H groups in total. The number of ether oxygens (including phenoxy) is 1. The highest BCUT2D eigenvalue weighted by Crippen LogP contribution is 2.22. The number of aryl methyl sites for hydroxylation is 1. The van der Waals surface area contributed by atoms with Gasteiger partial charge < -0.3 is 9.64 Å². The minimum atomic E-state index is -0.00842. The average molecular weight is 331 g/mol. The summed E-state index contributed by atoms with van der Waals surface area (Å²) in [5.41, 5.74) is 3.37. The lowest BCUT2D eigenvalue weighted by Crippen LogP contribution is -2.38. The van der Waals surface area contributed by atoms with E-state index in [0.717, 1.165) is 25.0 Å². The second kappa shape index (κ2) is 7.19. The van der Waals surface area contributed by atoms with Gasteiger partial charge in [-0.2, -0.15) is 0 Å². The number of fused-ring (bicyclic) bond motifs is 1. The second-order valence-electron chi connectivity index (χ2n) is 5.89. The summed E-state index contributed by atoms with van der Waals surface area (Å²) in [6.07, 6.45) is 2.63. The van der Waals surface area contributed by atoms with Gasteiger partial charge >= 0.3 is 0 Å². The van der Waals surface area contributed by atoms with Gasteiger partial charge in [0.15, 0.2) is 0 Å². The smallest absolute Gasteiger partial charge is 0.267 e. The molecule has 0 fully saturated rings. The molecule has 0 bridgehead atoms. The van der Waals surface area contributed by atoms with Crippen LogP contribution < -0.4 is 0 Å². The van der Waals surface area contributed by atoms with Crippen molar-refractivity contribution in [1.82, 2.24) is 14.5 Å². The maximum atomic E-state index is 12.6. The fourth-order valence-electron chi connectivity index (χ4n) is 2.86. The Balaban J connectivity index is 1.64. The number of nitrogens with zero attached hydrogens (tertiary/aromatic N) is 3. The normalized spacial score (nSPS) is 16.9. The summed E-state index contributed by atoms with van der Waals surface area (Å²) in [6, 6.07) is 8.32. The number of hydrogen-bond acceptors (Lipinski definition) is 5. The Kier molecular flexibility index (Phi) is 5.03. The molecule has 0 saturated carbocycles. The van der Waals surface area contributed by atoms with Crippen molar-refractivity contribution >= 4 is 17.4 Å².